The fourth-order valence-corrected chi connectivity index (χ4v) is 4.66. The zero-order valence-corrected chi connectivity index (χ0v) is 13.5. The maximum Gasteiger partial charge on any atom is 0.0399 e. The van der Waals surface area contributed by atoms with Crippen LogP contribution in [-0.4, -0.2) is 18.4 Å². The molecule has 1 aromatic carbocycles. The molecule has 19 heavy (non-hydrogen) atoms. The van der Waals surface area contributed by atoms with E-state index in [1.807, 2.05) is 0 Å². The molecule has 0 spiro atoms. The molecule has 0 aromatic heterocycles. The topological polar surface area (TPSA) is 3.24 Å². The molecular weight excluding hydrogens is 298 g/mol. The van der Waals surface area contributed by atoms with E-state index >= 15 is 0 Å². The van der Waals surface area contributed by atoms with Crippen molar-refractivity contribution in [1.29, 1.82) is 0 Å². The minimum Gasteiger partial charge on any atom is -0.370 e. The predicted octanol–water partition coefficient (Wildman–Crippen LogP) is 4.64. The first-order chi connectivity index (χ1) is 9.22. The molecule has 0 radical (unpaired) electrons. The lowest BCUT2D eigenvalue weighted by Gasteiger charge is -2.40. The van der Waals surface area contributed by atoms with E-state index in [0.29, 0.717) is 5.41 Å². The van der Waals surface area contributed by atoms with Crippen molar-refractivity contribution >= 4 is 21.6 Å². The number of benzene rings is 1. The number of anilines is 1. The van der Waals surface area contributed by atoms with Crippen molar-refractivity contribution in [3.8, 4) is 0 Å². The zero-order valence-electron chi connectivity index (χ0n) is 11.9. The van der Waals surface area contributed by atoms with Gasteiger partial charge in [-0.2, -0.15) is 0 Å². The van der Waals surface area contributed by atoms with Gasteiger partial charge in [0.1, 0.15) is 0 Å². The minimum atomic E-state index is 0.518. The molecule has 1 fully saturated rings. The second-order valence-corrected chi connectivity index (χ2v) is 7.22. The monoisotopic (exact) mass is 321 g/mol. The first-order valence-electron chi connectivity index (χ1n) is 7.61. The number of para-hydroxylation sites is 1. The Balaban J connectivity index is 1.84. The maximum absolute atomic E-state index is 3.79. The number of nitrogens with zero attached hydrogens (tertiary/aromatic N) is 1. The molecule has 1 nitrogen and oxygen atoms in total. The summed E-state index contributed by atoms with van der Waals surface area (Å²) in [5.74, 6) is 0.781. The lowest BCUT2D eigenvalue weighted by Crippen LogP contribution is -2.42. The molecule has 1 aromatic rings. The van der Waals surface area contributed by atoms with Gasteiger partial charge in [0.2, 0.25) is 0 Å². The molecule has 2 aliphatic rings. The second-order valence-electron chi connectivity index (χ2n) is 6.66. The van der Waals surface area contributed by atoms with Crippen LogP contribution in [0.3, 0.4) is 0 Å². The average Bonchev–Trinajstić information content (AvgIpc) is 2.88. The van der Waals surface area contributed by atoms with Gasteiger partial charge in [0.15, 0.2) is 0 Å². The van der Waals surface area contributed by atoms with Gasteiger partial charge in [-0.05, 0) is 42.2 Å². The van der Waals surface area contributed by atoms with Crippen molar-refractivity contribution < 1.29 is 0 Å². The van der Waals surface area contributed by atoms with Gasteiger partial charge in [0.25, 0.3) is 0 Å². The van der Waals surface area contributed by atoms with Crippen LogP contribution in [0.1, 0.15) is 38.2 Å². The summed E-state index contributed by atoms with van der Waals surface area (Å²) in [6, 6.07) is 9.01. The van der Waals surface area contributed by atoms with Crippen LogP contribution in [0, 0.1) is 11.3 Å². The third-order valence-corrected chi connectivity index (χ3v) is 6.10. The number of fused-ring (bicyclic) bond motifs is 1. The Labute approximate surface area is 125 Å². The highest BCUT2D eigenvalue weighted by atomic mass is 79.9. The highest BCUT2D eigenvalue weighted by molar-refractivity contribution is 9.09. The molecular formula is C17H24BrN. The van der Waals surface area contributed by atoms with Crippen LogP contribution in [-0.2, 0) is 6.42 Å². The molecule has 3 rings (SSSR count). The van der Waals surface area contributed by atoms with Gasteiger partial charge in [-0.25, -0.2) is 0 Å². The van der Waals surface area contributed by atoms with Crippen LogP contribution >= 0.6 is 15.9 Å². The molecule has 104 valence electrons. The number of alkyl halides is 1. The maximum atomic E-state index is 3.79. The molecule has 1 atom stereocenters. The SMILES string of the molecule is CC1Cc2ccccc2N(CC2(CBr)CCCC2)C1. The fourth-order valence-electron chi connectivity index (χ4n) is 3.92. The summed E-state index contributed by atoms with van der Waals surface area (Å²) in [6.07, 6.45) is 6.86. The van der Waals surface area contributed by atoms with Crippen LogP contribution in [0.2, 0.25) is 0 Å². The van der Waals surface area contributed by atoms with Gasteiger partial charge in [-0.1, -0.05) is 53.9 Å². The van der Waals surface area contributed by atoms with E-state index in [-0.39, 0.29) is 0 Å². The molecule has 0 N–H and O–H groups in total. The lowest BCUT2D eigenvalue weighted by atomic mass is 9.85. The second kappa shape index (κ2) is 5.47. The van der Waals surface area contributed by atoms with E-state index < -0.39 is 0 Å². The van der Waals surface area contributed by atoms with Crippen molar-refractivity contribution in [3.63, 3.8) is 0 Å². The van der Waals surface area contributed by atoms with Gasteiger partial charge < -0.3 is 4.90 Å². The summed E-state index contributed by atoms with van der Waals surface area (Å²) in [5.41, 5.74) is 3.56. The van der Waals surface area contributed by atoms with Crippen molar-refractivity contribution in [2.24, 2.45) is 11.3 Å². The summed E-state index contributed by atoms with van der Waals surface area (Å²) >= 11 is 3.79. The predicted molar refractivity (Wildman–Crippen MR) is 86.2 cm³/mol. The van der Waals surface area contributed by atoms with E-state index in [1.165, 1.54) is 50.9 Å². The normalized spacial score (nSPS) is 25.4. The van der Waals surface area contributed by atoms with E-state index in [2.05, 4.69) is 52.0 Å². The van der Waals surface area contributed by atoms with E-state index in [4.69, 9.17) is 0 Å². The summed E-state index contributed by atoms with van der Waals surface area (Å²) < 4.78 is 0. The third kappa shape index (κ3) is 2.69. The van der Waals surface area contributed by atoms with Gasteiger partial charge in [-0.15, -0.1) is 0 Å². The Morgan fingerprint density at radius 2 is 2.00 bits per heavy atom. The number of hydrogen-bond donors (Lipinski definition) is 0. The number of halogens is 1. The zero-order chi connectivity index (χ0) is 13.3. The van der Waals surface area contributed by atoms with E-state index in [1.54, 1.807) is 5.56 Å². The molecule has 1 heterocycles. The highest BCUT2D eigenvalue weighted by Gasteiger charge is 2.36. The Hall–Kier alpha value is -0.500. The molecule has 1 unspecified atom stereocenters. The minimum absolute atomic E-state index is 0.518. The Bertz CT molecular complexity index is 437. The van der Waals surface area contributed by atoms with E-state index in [9.17, 15) is 0 Å². The van der Waals surface area contributed by atoms with Gasteiger partial charge >= 0.3 is 0 Å². The van der Waals surface area contributed by atoms with Crippen molar-refractivity contribution in [2.45, 2.75) is 39.0 Å². The lowest BCUT2D eigenvalue weighted by molar-refractivity contribution is 0.338. The Morgan fingerprint density at radius 3 is 2.74 bits per heavy atom. The van der Waals surface area contributed by atoms with Crippen LogP contribution < -0.4 is 4.90 Å². The number of hydrogen-bond acceptors (Lipinski definition) is 1. The number of rotatable bonds is 3. The molecule has 0 amide bonds. The summed E-state index contributed by atoms with van der Waals surface area (Å²) in [6.45, 7) is 4.85. The van der Waals surface area contributed by atoms with Gasteiger partial charge in [0, 0.05) is 24.1 Å². The largest absolute Gasteiger partial charge is 0.370 e. The molecule has 2 heteroatoms. The van der Waals surface area contributed by atoms with Gasteiger partial charge in [0.05, 0.1) is 0 Å². The molecule has 0 bridgehead atoms. The van der Waals surface area contributed by atoms with Crippen molar-refractivity contribution in [1.82, 2.24) is 0 Å². The summed E-state index contributed by atoms with van der Waals surface area (Å²) in [7, 11) is 0. The first-order valence-corrected chi connectivity index (χ1v) is 8.73. The molecule has 0 saturated heterocycles. The fraction of sp³-hybridized carbons (Fsp3) is 0.647. The Morgan fingerprint density at radius 1 is 1.26 bits per heavy atom. The quantitative estimate of drug-likeness (QED) is 0.733. The summed E-state index contributed by atoms with van der Waals surface area (Å²) in [4.78, 5) is 2.66. The van der Waals surface area contributed by atoms with Crippen LogP contribution in [0.4, 0.5) is 5.69 Å². The van der Waals surface area contributed by atoms with Crippen LogP contribution in [0.25, 0.3) is 0 Å². The smallest absolute Gasteiger partial charge is 0.0399 e. The van der Waals surface area contributed by atoms with Crippen LogP contribution in [0.5, 0.6) is 0 Å². The molecule has 1 aliphatic heterocycles. The first kappa shape index (κ1) is 13.5. The van der Waals surface area contributed by atoms with Crippen LogP contribution in [0.15, 0.2) is 24.3 Å². The van der Waals surface area contributed by atoms with Crippen molar-refractivity contribution in [3.05, 3.63) is 29.8 Å². The average molecular weight is 322 g/mol. The highest BCUT2D eigenvalue weighted by Crippen LogP contribution is 2.42. The third-order valence-electron chi connectivity index (χ3n) is 4.91. The van der Waals surface area contributed by atoms with Gasteiger partial charge in [-0.3, -0.25) is 0 Å². The Kier molecular flexibility index (Phi) is 3.88. The molecule has 1 saturated carbocycles. The van der Waals surface area contributed by atoms with E-state index in [0.717, 1.165) is 11.2 Å². The molecule has 1 aliphatic carbocycles. The summed E-state index contributed by atoms with van der Waals surface area (Å²) in [5, 5.41) is 1.16. The van der Waals surface area contributed by atoms with Crippen molar-refractivity contribution in [2.75, 3.05) is 23.3 Å². The standard InChI is InChI=1S/C17H24BrN/c1-14-10-15-6-2-3-7-16(15)19(11-14)13-17(12-18)8-4-5-9-17/h2-3,6-7,14H,4-5,8-13H2,1H3.